The zero-order chi connectivity index (χ0) is 19.9. The Bertz CT molecular complexity index is 1230. The molecule has 0 radical (unpaired) electrons. The summed E-state index contributed by atoms with van der Waals surface area (Å²) < 4.78 is 34.4. The van der Waals surface area contributed by atoms with Gasteiger partial charge >= 0.3 is 10.2 Å². The molecule has 7 nitrogen and oxygen atoms in total. The number of nitrogens with one attached hydrogen (secondary N) is 1. The van der Waals surface area contributed by atoms with Gasteiger partial charge in [0.1, 0.15) is 0 Å². The Hall–Kier alpha value is -2.26. The van der Waals surface area contributed by atoms with Crippen molar-refractivity contribution in [2.75, 3.05) is 25.0 Å². The number of fused-ring (bicyclic) bond motifs is 2. The molecular weight excluding hydrogens is 402 g/mol. The first-order valence-corrected chi connectivity index (χ1v) is 10.5. The van der Waals surface area contributed by atoms with Crippen molar-refractivity contribution >= 4 is 49.2 Å². The van der Waals surface area contributed by atoms with Gasteiger partial charge in [-0.2, -0.15) is 12.7 Å². The molecule has 0 spiro atoms. The maximum Gasteiger partial charge on any atom is 0.301 e. The van der Waals surface area contributed by atoms with Crippen LogP contribution in [0, 0.1) is 0 Å². The lowest BCUT2D eigenvalue weighted by Crippen LogP contribution is -2.40. The summed E-state index contributed by atoms with van der Waals surface area (Å²) in [6, 6.07) is 9.75. The second kappa shape index (κ2) is 7.29. The van der Waals surface area contributed by atoms with Gasteiger partial charge in [0.15, 0.2) is 5.43 Å². The number of aromatic nitrogens is 1. The normalized spacial score (nSPS) is 17.5. The van der Waals surface area contributed by atoms with Gasteiger partial charge in [0.2, 0.25) is 0 Å². The summed E-state index contributed by atoms with van der Waals surface area (Å²) in [5, 5.41) is 1.80. The van der Waals surface area contributed by atoms with Gasteiger partial charge in [-0.25, -0.2) is 0 Å². The summed E-state index contributed by atoms with van der Waals surface area (Å²) in [4.78, 5) is 17.2. The Morgan fingerprint density at radius 2 is 2.00 bits per heavy atom. The number of ether oxygens (including phenoxy) is 1. The molecule has 1 aliphatic heterocycles. The number of likely N-dealkylation sites (N-methyl/N-ethyl adjacent to an activating group) is 1. The van der Waals surface area contributed by atoms with Crippen LogP contribution in [-0.4, -0.2) is 44.0 Å². The Morgan fingerprint density at radius 3 is 2.75 bits per heavy atom. The molecule has 2 aromatic carbocycles. The minimum absolute atomic E-state index is 0.206. The van der Waals surface area contributed by atoms with Crippen LogP contribution >= 0.6 is 11.6 Å². The van der Waals surface area contributed by atoms with Gasteiger partial charge in [-0.1, -0.05) is 23.7 Å². The fraction of sp³-hybridized carbons (Fsp3) is 0.263. The predicted octanol–water partition coefficient (Wildman–Crippen LogP) is 2.78. The molecule has 1 N–H and O–H groups in total. The van der Waals surface area contributed by atoms with Crippen molar-refractivity contribution < 1.29 is 13.2 Å². The number of halogens is 1. The van der Waals surface area contributed by atoms with E-state index in [9.17, 15) is 13.2 Å². The van der Waals surface area contributed by atoms with E-state index in [1.807, 2.05) is 0 Å². The molecule has 146 valence electrons. The fourth-order valence-electron chi connectivity index (χ4n) is 3.27. The molecule has 1 saturated heterocycles. The van der Waals surface area contributed by atoms with E-state index in [-0.39, 0.29) is 11.5 Å². The third kappa shape index (κ3) is 3.56. The SMILES string of the molecule is CN(C1CCOC1)S(=O)(=O)Nc1ccc2ccc3ncc(Cl)cc3c(=O)c2c1. The van der Waals surface area contributed by atoms with Crippen LogP contribution in [0.15, 0.2) is 47.4 Å². The summed E-state index contributed by atoms with van der Waals surface area (Å²) >= 11 is 5.99. The van der Waals surface area contributed by atoms with E-state index in [4.69, 9.17) is 16.3 Å². The van der Waals surface area contributed by atoms with Crippen LogP contribution in [0.5, 0.6) is 0 Å². The molecular formula is C19H18ClN3O4S. The molecule has 0 amide bonds. The average Bonchev–Trinajstić information content (AvgIpc) is 3.16. The molecule has 1 atom stereocenters. The van der Waals surface area contributed by atoms with Crippen molar-refractivity contribution in [3.63, 3.8) is 0 Å². The standard InChI is InChI=1S/C19H18ClN3O4S/c1-23(15-6-7-27-11-15)28(25,26)22-14-4-2-12-3-5-18-17(8-13(20)10-21-18)19(24)16(12)9-14/h2-5,8-10,15,22H,6-7,11H2,1H3. The summed E-state index contributed by atoms with van der Waals surface area (Å²) in [6.45, 7) is 0.912. The van der Waals surface area contributed by atoms with Gasteiger partial charge in [0.25, 0.3) is 0 Å². The highest BCUT2D eigenvalue weighted by Gasteiger charge is 2.29. The molecule has 28 heavy (non-hydrogen) atoms. The fourth-order valence-corrected chi connectivity index (χ4v) is 4.55. The van der Waals surface area contributed by atoms with Gasteiger partial charge < -0.3 is 4.74 Å². The Labute approximate surface area is 167 Å². The van der Waals surface area contributed by atoms with Crippen LogP contribution < -0.4 is 10.2 Å². The van der Waals surface area contributed by atoms with Gasteiger partial charge in [-0.15, -0.1) is 0 Å². The molecule has 4 rings (SSSR count). The van der Waals surface area contributed by atoms with Crippen LogP contribution in [0.25, 0.3) is 21.7 Å². The second-order valence-corrected chi connectivity index (χ2v) is 8.86. The molecule has 0 aliphatic carbocycles. The lowest BCUT2D eigenvalue weighted by molar-refractivity contribution is 0.181. The smallest absolute Gasteiger partial charge is 0.301 e. The molecule has 9 heteroatoms. The molecule has 0 bridgehead atoms. The highest BCUT2D eigenvalue weighted by Crippen LogP contribution is 2.22. The highest BCUT2D eigenvalue weighted by molar-refractivity contribution is 7.90. The first kappa shape index (κ1) is 19.1. The van der Waals surface area contributed by atoms with Crippen molar-refractivity contribution in [3.8, 4) is 0 Å². The summed E-state index contributed by atoms with van der Waals surface area (Å²) in [7, 11) is -2.26. The monoisotopic (exact) mass is 419 g/mol. The van der Waals surface area contributed by atoms with E-state index < -0.39 is 10.2 Å². The largest absolute Gasteiger partial charge is 0.380 e. The van der Waals surface area contributed by atoms with Crippen molar-refractivity contribution in [2.24, 2.45) is 0 Å². The summed E-state index contributed by atoms with van der Waals surface area (Å²) in [5.74, 6) is 0. The Balaban J connectivity index is 1.78. The molecule has 1 aliphatic rings. The number of anilines is 1. The van der Waals surface area contributed by atoms with Crippen molar-refractivity contribution in [3.05, 3.63) is 57.8 Å². The summed E-state index contributed by atoms with van der Waals surface area (Å²) in [5.41, 5.74) is 0.571. The third-order valence-corrected chi connectivity index (χ3v) is 6.65. The first-order valence-electron chi connectivity index (χ1n) is 8.71. The van der Waals surface area contributed by atoms with Gasteiger partial charge in [-0.3, -0.25) is 14.5 Å². The molecule has 3 aromatic rings. The lowest BCUT2D eigenvalue weighted by atomic mass is 10.1. The van der Waals surface area contributed by atoms with E-state index in [0.29, 0.717) is 52.0 Å². The lowest BCUT2D eigenvalue weighted by Gasteiger charge is -2.23. The zero-order valence-corrected chi connectivity index (χ0v) is 16.6. The molecule has 1 unspecified atom stereocenters. The van der Waals surface area contributed by atoms with Crippen LogP contribution in [0.2, 0.25) is 5.02 Å². The van der Waals surface area contributed by atoms with E-state index >= 15 is 0 Å². The zero-order valence-electron chi connectivity index (χ0n) is 15.1. The third-order valence-electron chi connectivity index (χ3n) is 4.89. The van der Waals surface area contributed by atoms with Crippen LogP contribution in [-0.2, 0) is 14.9 Å². The van der Waals surface area contributed by atoms with Crippen molar-refractivity contribution in [1.82, 2.24) is 9.29 Å². The Morgan fingerprint density at radius 1 is 1.21 bits per heavy atom. The topological polar surface area (TPSA) is 88.6 Å². The van der Waals surface area contributed by atoms with E-state index in [0.717, 1.165) is 0 Å². The summed E-state index contributed by atoms with van der Waals surface area (Å²) in [6.07, 6.45) is 2.13. The maximum atomic E-state index is 13.0. The van der Waals surface area contributed by atoms with E-state index in [2.05, 4.69) is 9.71 Å². The first-order chi connectivity index (χ1) is 13.3. The molecule has 1 aromatic heterocycles. The number of rotatable bonds is 4. The van der Waals surface area contributed by atoms with E-state index in [1.165, 1.54) is 23.6 Å². The van der Waals surface area contributed by atoms with E-state index in [1.54, 1.807) is 30.3 Å². The van der Waals surface area contributed by atoms with Crippen LogP contribution in [0.3, 0.4) is 0 Å². The minimum Gasteiger partial charge on any atom is -0.380 e. The van der Waals surface area contributed by atoms with Gasteiger partial charge in [-0.05, 0) is 36.1 Å². The number of hydrogen-bond donors (Lipinski definition) is 1. The quantitative estimate of drug-likeness (QED) is 0.702. The van der Waals surface area contributed by atoms with Gasteiger partial charge in [0, 0.05) is 30.6 Å². The second-order valence-electron chi connectivity index (χ2n) is 6.69. The van der Waals surface area contributed by atoms with Crippen molar-refractivity contribution in [1.29, 1.82) is 0 Å². The number of nitrogens with zero attached hydrogens (tertiary/aromatic N) is 2. The molecule has 0 saturated carbocycles. The molecule has 2 heterocycles. The van der Waals surface area contributed by atoms with Gasteiger partial charge in [0.05, 0.1) is 28.9 Å². The average molecular weight is 420 g/mol. The Kier molecular flexibility index (Phi) is 4.96. The highest BCUT2D eigenvalue weighted by atomic mass is 35.5. The number of hydrogen-bond acceptors (Lipinski definition) is 5. The number of benzene rings is 1. The maximum absolute atomic E-state index is 13.0. The van der Waals surface area contributed by atoms with Crippen molar-refractivity contribution in [2.45, 2.75) is 12.5 Å². The minimum atomic E-state index is -3.78. The van der Waals surface area contributed by atoms with Crippen LogP contribution in [0.4, 0.5) is 5.69 Å². The molecule has 1 fully saturated rings. The number of pyridine rings is 1. The van der Waals surface area contributed by atoms with Crippen LogP contribution in [0.1, 0.15) is 6.42 Å². The predicted molar refractivity (Wildman–Crippen MR) is 110 cm³/mol.